The number of carbonyl (C=O) groups excluding carboxylic acids is 1. The van der Waals surface area contributed by atoms with E-state index in [1.807, 2.05) is 20.8 Å². The van der Waals surface area contributed by atoms with Crippen LogP contribution in [0.25, 0.3) is 0 Å². The lowest BCUT2D eigenvalue weighted by Crippen LogP contribution is -2.53. The lowest BCUT2D eigenvalue weighted by Gasteiger charge is -2.37. The SMILES string of the molecule is CC1CC(NC2CCCC2NC(=O)OC(C)(C)C)C1. The first-order valence-electron chi connectivity index (χ1n) is 7.59. The minimum absolute atomic E-state index is 0.228. The molecule has 2 unspecified atom stereocenters. The van der Waals surface area contributed by atoms with Gasteiger partial charge in [0.05, 0.1) is 0 Å². The normalized spacial score (nSPS) is 34.7. The van der Waals surface area contributed by atoms with Crippen molar-refractivity contribution in [3.63, 3.8) is 0 Å². The number of alkyl carbamates (subject to hydrolysis) is 1. The molecule has 2 N–H and O–H groups in total. The molecule has 0 spiro atoms. The lowest BCUT2D eigenvalue weighted by atomic mass is 9.81. The van der Waals surface area contributed by atoms with Gasteiger partial charge in [0.25, 0.3) is 0 Å². The van der Waals surface area contributed by atoms with Gasteiger partial charge in [0.15, 0.2) is 0 Å². The van der Waals surface area contributed by atoms with Crippen molar-refractivity contribution in [1.29, 1.82) is 0 Å². The molecule has 4 heteroatoms. The van der Waals surface area contributed by atoms with Crippen LogP contribution in [0.15, 0.2) is 0 Å². The molecule has 0 saturated heterocycles. The molecule has 0 aromatic rings. The summed E-state index contributed by atoms with van der Waals surface area (Å²) in [7, 11) is 0. The van der Waals surface area contributed by atoms with Crippen LogP contribution >= 0.6 is 0 Å². The summed E-state index contributed by atoms with van der Waals surface area (Å²) >= 11 is 0. The van der Waals surface area contributed by atoms with E-state index in [1.165, 1.54) is 19.3 Å². The Kier molecular flexibility index (Phi) is 4.39. The summed E-state index contributed by atoms with van der Waals surface area (Å²) in [6.45, 7) is 7.98. The van der Waals surface area contributed by atoms with Crippen LogP contribution in [-0.2, 0) is 4.74 Å². The van der Waals surface area contributed by atoms with Crippen LogP contribution in [0.1, 0.15) is 59.8 Å². The smallest absolute Gasteiger partial charge is 0.407 e. The average molecular weight is 268 g/mol. The second-order valence-electron chi connectivity index (χ2n) is 7.23. The molecule has 110 valence electrons. The van der Waals surface area contributed by atoms with Crippen LogP contribution in [0.5, 0.6) is 0 Å². The van der Waals surface area contributed by atoms with Gasteiger partial charge in [-0.3, -0.25) is 0 Å². The number of amides is 1. The van der Waals surface area contributed by atoms with Crippen LogP contribution in [0, 0.1) is 5.92 Å². The molecule has 2 atom stereocenters. The first-order valence-corrected chi connectivity index (χ1v) is 7.59. The van der Waals surface area contributed by atoms with Crippen LogP contribution in [0.4, 0.5) is 4.79 Å². The van der Waals surface area contributed by atoms with Crippen molar-refractivity contribution in [2.75, 3.05) is 0 Å². The summed E-state index contributed by atoms with van der Waals surface area (Å²) in [5, 5.41) is 6.72. The van der Waals surface area contributed by atoms with Crippen molar-refractivity contribution >= 4 is 6.09 Å². The van der Waals surface area contributed by atoms with Gasteiger partial charge < -0.3 is 15.4 Å². The fourth-order valence-corrected chi connectivity index (χ4v) is 3.13. The molecule has 2 rings (SSSR count). The zero-order valence-corrected chi connectivity index (χ0v) is 12.7. The van der Waals surface area contributed by atoms with Gasteiger partial charge in [-0.05, 0) is 58.8 Å². The Morgan fingerprint density at radius 2 is 1.79 bits per heavy atom. The summed E-state index contributed by atoms with van der Waals surface area (Å²) < 4.78 is 5.33. The monoisotopic (exact) mass is 268 g/mol. The van der Waals surface area contributed by atoms with E-state index in [4.69, 9.17) is 4.74 Å². The minimum Gasteiger partial charge on any atom is -0.444 e. The van der Waals surface area contributed by atoms with E-state index in [2.05, 4.69) is 17.6 Å². The molecular formula is C15H28N2O2. The summed E-state index contributed by atoms with van der Waals surface area (Å²) in [4.78, 5) is 11.8. The van der Waals surface area contributed by atoms with Gasteiger partial charge in [0.2, 0.25) is 0 Å². The van der Waals surface area contributed by atoms with Gasteiger partial charge in [-0.25, -0.2) is 4.79 Å². The molecule has 2 saturated carbocycles. The van der Waals surface area contributed by atoms with E-state index < -0.39 is 5.60 Å². The quantitative estimate of drug-likeness (QED) is 0.827. The Hall–Kier alpha value is -0.770. The molecule has 2 aliphatic carbocycles. The van der Waals surface area contributed by atoms with Gasteiger partial charge in [0, 0.05) is 18.1 Å². The van der Waals surface area contributed by atoms with Crippen molar-refractivity contribution in [3.05, 3.63) is 0 Å². The first kappa shape index (κ1) is 14.6. The predicted octanol–water partition coefficient (Wildman–Crippen LogP) is 2.82. The van der Waals surface area contributed by atoms with Crippen molar-refractivity contribution in [1.82, 2.24) is 10.6 Å². The predicted molar refractivity (Wildman–Crippen MR) is 76.1 cm³/mol. The van der Waals surface area contributed by atoms with Crippen molar-refractivity contribution < 1.29 is 9.53 Å². The number of hydrogen-bond donors (Lipinski definition) is 2. The van der Waals surface area contributed by atoms with Gasteiger partial charge in [0.1, 0.15) is 5.60 Å². The Morgan fingerprint density at radius 3 is 2.37 bits per heavy atom. The standard InChI is InChI=1S/C15H28N2O2/c1-10-8-11(9-10)16-12-6-5-7-13(12)17-14(18)19-15(2,3)4/h10-13,16H,5-9H2,1-4H3,(H,17,18). The van der Waals surface area contributed by atoms with E-state index in [-0.39, 0.29) is 12.1 Å². The Labute approximate surface area is 116 Å². The second-order valence-corrected chi connectivity index (χ2v) is 7.23. The van der Waals surface area contributed by atoms with Crippen LogP contribution < -0.4 is 10.6 Å². The molecule has 0 radical (unpaired) electrons. The fraction of sp³-hybridized carbons (Fsp3) is 0.933. The van der Waals surface area contributed by atoms with E-state index in [9.17, 15) is 4.79 Å². The summed E-state index contributed by atoms with van der Waals surface area (Å²) in [5.74, 6) is 0.858. The van der Waals surface area contributed by atoms with E-state index >= 15 is 0 Å². The Bertz CT molecular complexity index is 319. The highest BCUT2D eigenvalue weighted by Gasteiger charge is 2.34. The van der Waals surface area contributed by atoms with Crippen LogP contribution in [0.3, 0.4) is 0 Å². The first-order chi connectivity index (χ1) is 8.83. The highest BCUT2D eigenvalue weighted by Crippen LogP contribution is 2.29. The number of nitrogens with one attached hydrogen (secondary N) is 2. The molecule has 0 aromatic heterocycles. The van der Waals surface area contributed by atoms with Crippen molar-refractivity contribution in [2.24, 2.45) is 5.92 Å². The van der Waals surface area contributed by atoms with Gasteiger partial charge in [-0.15, -0.1) is 0 Å². The zero-order chi connectivity index (χ0) is 14.0. The largest absolute Gasteiger partial charge is 0.444 e. The third-order valence-electron chi connectivity index (χ3n) is 4.04. The molecule has 0 aliphatic heterocycles. The van der Waals surface area contributed by atoms with Gasteiger partial charge >= 0.3 is 6.09 Å². The van der Waals surface area contributed by atoms with Crippen molar-refractivity contribution in [2.45, 2.75) is 83.5 Å². The highest BCUT2D eigenvalue weighted by atomic mass is 16.6. The zero-order valence-electron chi connectivity index (χ0n) is 12.7. The fourth-order valence-electron chi connectivity index (χ4n) is 3.13. The summed E-state index contributed by atoms with van der Waals surface area (Å²) in [6, 6.07) is 1.30. The summed E-state index contributed by atoms with van der Waals surface area (Å²) in [6.07, 6.45) is 5.66. The van der Waals surface area contributed by atoms with E-state index in [0.717, 1.165) is 18.8 Å². The molecule has 0 heterocycles. The third kappa shape index (κ3) is 4.37. The molecule has 19 heavy (non-hydrogen) atoms. The van der Waals surface area contributed by atoms with E-state index in [1.54, 1.807) is 0 Å². The molecule has 0 bridgehead atoms. The molecule has 2 aliphatic rings. The van der Waals surface area contributed by atoms with Crippen molar-refractivity contribution in [3.8, 4) is 0 Å². The maximum absolute atomic E-state index is 11.8. The molecular weight excluding hydrogens is 240 g/mol. The molecule has 0 aromatic carbocycles. The topological polar surface area (TPSA) is 50.4 Å². The van der Waals surface area contributed by atoms with Crippen LogP contribution in [0.2, 0.25) is 0 Å². The van der Waals surface area contributed by atoms with Crippen LogP contribution in [-0.4, -0.2) is 29.8 Å². The van der Waals surface area contributed by atoms with E-state index in [0.29, 0.717) is 12.1 Å². The third-order valence-corrected chi connectivity index (χ3v) is 4.04. The Balaban J connectivity index is 1.77. The summed E-state index contributed by atoms with van der Waals surface area (Å²) in [5.41, 5.74) is -0.422. The number of rotatable bonds is 3. The lowest BCUT2D eigenvalue weighted by molar-refractivity contribution is 0.0493. The average Bonchev–Trinajstić information content (AvgIpc) is 2.60. The second kappa shape index (κ2) is 5.70. The maximum Gasteiger partial charge on any atom is 0.407 e. The Morgan fingerprint density at radius 1 is 1.16 bits per heavy atom. The van der Waals surface area contributed by atoms with Gasteiger partial charge in [-0.1, -0.05) is 6.92 Å². The number of carbonyl (C=O) groups is 1. The van der Waals surface area contributed by atoms with Gasteiger partial charge in [-0.2, -0.15) is 0 Å². The number of ether oxygens (including phenoxy) is 1. The molecule has 1 amide bonds. The number of hydrogen-bond acceptors (Lipinski definition) is 3. The molecule has 2 fully saturated rings. The minimum atomic E-state index is -0.422. The maximum atomic E-state index is 11.8. The molecule has 4 nitrogen and oxygen atoms in total. The highest BCUT2D eigenvalue weighted by molar-refractivity contribution is 5.68.